The highest BCUT2D eigenvalue weighted by Crippen LogP contribution is 2.25. The average molecular weight is 195 g/mol. The van der Waals surface area contributed by atoms with E-state index in [1.165, 1.54) is 25.7 Å². The molecule has 14 heavy (non-hydrogen) atoms. The number of rotatable bonds is 4. The summed E-state index contributed by atoms with van der Waals surface area (Å²) in [5, 5.41) is 7.82. The molecule has 2 rings (SSSR count). The van der Waals surface area contributed by atoms with Gasteiger partial charge in [0.25, 0.3) is 0 Å². The van der Waals surface area contributed by atoms with Gasteiger partial charge in [-0.3, -0.25) is 5.41 Å². The Hall–Kier alpha value is -0.570. The summed E-state index contributed by atoms with van der Waals surface area (Å²) in [6.07, 6.45) is 6.25. The first-order chi connectivity index (χ1) is 6.77. The van der Waals surface area contributed by atoms with E-state index in [0.717, 1.165) is 37.9 Å². The Morgan fingerprint density at radius 2 is 2.21 bits per heavy atom. The number of hydrogen-bond acceptors (Lipinski definition) is 2. The minimum atomic E-state index is 0.856. The highest BCUT2D eigenvalue weighted by atomic mass is 15.2. The van der Waals surface area contributed by atoms with Gasteiger partial charge in [0, 0.05) is 32.1 Å². The highest BCUT2D eigenvalue weighted by molar-refractivity contribution is 5.79. The monoisotopic (exact) mass is 195 g/mol. The SMILES string of the molecule is CN(CCN1CCCCC1=N)C1CC1. The molecule has 3 nitrogen and oxygen atoms in total. The van der Waals surface area contributed by atoms with Crippen LogP contribution in [0.1, 0.15) is 32.1 Å². The van der Waals surface area contributed by atoms with Gasteiger partial charge >= 0.3 is 0 Å². The third kappa shape index (κ3) is 2.47. The summed E-state index contributed by atoms with van der Waals surface area (Å²) < 4.78 is 0. The molecule has 1 aliphatic carbocycles. The molecule has 0 radical (unpaired) electrons. The first kappa shape index (κ1) is 9.97. The molecule has 0 atom stereocenters. The fourth-order valence-corrected chi connectivity index (χ4v) is 2.11. The summed E-state index contributed by atoms with van der Waals surface area (Å²) in [7, 11) is 2.21. The fourth-order valence-electron chi connectivity index (χ4n) is 2.11. The van der Waals surface area contributed by atoms with Crippen molar-refractivity contribution in [2.24, 2.45) is 0 Å². The second kappa shape index (κ2) is 4.30. The molecule has 1 saturated carbocycles. The van der Waals surface area contributed by atoms with Crippen LogP contribution in [0.25, 0.3) is 0 Å². The van der Waals surface area contributed by atoms with Crippen molar-refractivity contribution in [2.75, 3.05) is 26.7 Å². The summed E-state index contributed by atoms with van der Waals surface area (Å²) in [4.78, 5) is 4.70. The molecule has 1 N–H and O–H groups in total. The zero-order valence-corrected chi connectivity index (χ0v) is 9.13. The fraction of sp³-hybridized carbons (Fsp3) is 0.909. The van der Waals surface area contributed by atoms with Crippen LogP contribution in [-0.4, -0.2) is 48.4 Å². The molecule has 0 aromatic rings. The Kier molecular flexibility index (Phi) is 3.06. The molecule has 1 saturated heterocycles. The van der Waals surface area contributed by atoms with Crippen molar-refractivity contribution in [1.29, 1.82) is 5.41 Å². The Balaban J connectivity index is 1.70. The molecule has 0 spiro atoms. The van der Waals surface area contributed by atoms with Crippen LogP contribution in [0.3, 0.4) is 0 Å². The first-order valence-corrected chi connectivity index (χ1v) is 5.80. The van der Waals surface area contributed by atoms with E-state index in [9.17, 15) is 0 Å². The van der Waals surface area contributed by atoms with Crippen LogP contribution in [0.15, 0.2) is 0 Å². The van der Waals surface area contributed by atoms with E-state index >= 15 is 0 Å². The molecule has 2 fully saturated rings. The molecular weight excluding hydrogens is 174 g/mol. The van der Waals surface area contributed by atoms with E-state index in [-0.39, 0.29) is 0 Å². The maximum Gasteiger partial charge on any atom is 0.0958 e. The van der Waals surface area contributed by atoms with E-state index in [4.69, 9.17) is 5.41 Å². The van der Waals surface area contributed by atoms with Gasteiger partial charge in [0.2, 0.25) is 0 Å². The first-order valence-electron chi connectivity index (χ1n) is 5.80. The van der Waals surface area contributed by atoms with Crippen molar-refractivity contribution in [1.82, 2.24) is 9.80 Å². The van der Waals surface area contributed by atoms with E-state index in [0.29, 0.717) is 0 Å². The Morgan fingerprint density at radius 1 is 1.43 bits per heavy atom. The second-order valence-corrected chi connectivity index (χ2v) is 4.60. The number of nitrogens with zero attached hydrogens (tertiary/aromatic N) is 2. The summed E-state index contributed by atoms with van der Waals surface area (Å²) in [5.41, 5.74) is 0. The van der Waals surface area contributed by atoms with Gasteiger partial charge in [0.1, 0.15) is 0 Å². The standard InChI is InChI=1S/C11H21N3/c1-13(10-5-6-10)8-9-14-7-3-2-4-11(14)12/h10,12H,2-9H2,1H3. The highest BCUT2D eigenvalue weighted by Gasteiger charge is 2.26. The lowest BCUT2D eigenvalue weighted by Gasteiger charge is -2.31. The largest absolute Gasteiger partial charge is 0.359 e. The topological polar surface area (TPSA) is 30.3 Å². The number of piperidine rings is 1. The Bertz CT molecular complexity index is 211. The zero-order chi connectivity index (χ0) is 9.97. The van der Waals surface area contributed by atoms with Gasteiger partial charge in [-0.1, -0.05) is 0 Å². The molecule has 0 aromatic heterocycles. The maximum absolute atomic E-state index is 7.82. The lowest BCUT2D eigenvalue weighted by Crippen LogP contribution is -2.40. The van der Waals surface area contributed by atoms with Crippen molar-refractivity contribution in [3.05, 3.63) is 0 Å². The van der Waals surface area contributed by atoms with Crippen LogP contribution in [-0.2, 0) is 0 Å². The normalized spacial score (nSPS) is 23.3. The van der Waals surface area contributed by atoms with Gasteiger partial charge in [0.05, 0.1) is 5.84 Å². The summed E-state index contributed by atoms with van der Waals surface area (Å²) in [6, 6.07) is 0.856. The van der Waals surface area contributed by atoms with Gasteiger partial charge in [-0.15, -0.1) is 0 Å². The van der Waals surface area contributed by atoms with Crippen molar-refractivity contribution >= 4 is 5.84 Å². The summed E-state index contributed by atoms with van der Waals surface area (Å²) >= 11 is 0. The van der Waals surface area contributed by atoms with Crippen LogP contribution in [0.5, 0.6) is 0 Å². The number of amidine groups is 1. The molecule has 0 aromatic carbocycles. The van der Waals surface area contributed by atoms with Crippen LogP contribution < -0.4 is 0 Å². The maximum atomic E-state index is 7.82. The van der Waals surface area contributed by atoms with Crippen LogP contribution in [0.4, 0.5) is 0 Å². The lowest BCUT2D eigenvalue weighted by molar-refractivity contribution is 0.269. The number of likely N-dealkylation sites (tertiary alicyclic amines) is 1. The second-order valence-electron chi connectivity index (χ2n) is 4.60. The van der Waals surface area contributed by atoms with Crippen LogP contribution in [0.2, 0.25) is 0 Å². The summed E-state index contributed by atoms with van der Waals surface area (Å²) in [6.45, 7) is 3.30. The quantitative estimate of drug-likeness (QED) is 0.737. The third-order valence-electron chi connectivity index (χ3n) is 3.37. The van der Waals surface area contributed by atoms with E-state index in [2.05, 4.69) is 16.8 Å². The predicted molar refractivity (Wildman–Crippen MR) is 58.8 cm³/mol. The van der Waals surface area contributed by atoms with Gasteiger partial charge in [-0.2, -0.15) is 0 Å². The summed E-state index contributed by atoms with van der Waals surface area (Å²) in [5.74, 6) is 0.862. The Morgan fingerprint density at radius 3 is 2.86 bits per heavy atom. The van der Waals surface area contributed by atoms with Gasteiger partial charge in [-0.05, 0) is 32.7 Å². The molecule has 3 heteroatoms. The molecule has 0 amide bonds. The molecule has 80 valence electrons. The van der Waals surface area contributed by atoms with Crippen molar-refractivity contribution in [3.63, 3.8) is 0 Å². The third-order valence-corrected chi connectivity index (χ3v) is 3.37. The molecule has 1 heterocycles. The van der Waals surface area contributed by atoms with Crippen LogP contribution in [0, 0.1) is 5.41 Å². The number of likely N-dealkylation sites (N-methyl/N-ethyl adjacent to an activating group) is 1. The molecular formula is C11H21N3. The van der Waals surface area contributed by atoms with Gasteiger partial charge in [0.15, 0.2) is 0 Å². The van der Waals surface area contributed by atoms with E-state index < -0.39 is 0 Å². The van der Waals surface area contributed by atoms with E-state index in [1.54, 1.807) is 0 Å². The minimum Gasteiger partial charge on any atom is -0.359 e. The molecule has 2 aliphatic rings. The predicted octanol–water partition coefficient (Wildman–Crippen LogP) is 1.54. The minimum absolute atomic E-state index is 0.856. The Labute approximate surface area is 86.6 Å². The zero-order valence-electron chi connectivity index (χ0n) is 9.13. The average Bonchev–Trinajstić information content (AvgIpc) is 2.99. The molecule has 0 bridgehead atoms. The van der Waals surface area contributed by atoms with Crippen molar-refractivity contribution in [2.45, 2.75) is 38.1 Å². The smallest absolute Gasteiger partial charge is 0.0958 e. The van der Waals surface area contributed by atoms with Gasteiger partial charge in [-0.25, -0.2) is 0 Å². The molecule has 1 aliphatic heterocycles. The van der Waals surface area contributed by atoms with Gasteiger partial charge < -0.3 is 9.80 Å². The van der Waals surface area contributed by atoms with E-state index in [1.807, 2.05) is 0 Å². The molecule has 0 unspecified atom stereocenters. The van der Waals surface area contributed by atoms with Crippen molar-refractivity contribution in [3.8, 4) is 0 Å². The number of nitrogens with one attached hydrogen (secondary N) is 1. The lowest BCUT2D eigenvalue weighted by atomic mass is 10.1. The van der Waals surface area contributed by atoms with Crippen LogP contribution >= 0.6 is 0 Å². The number of hydrogen-bond donors (Lipinski definition) is 1. The van der Waals surface area contributed by atoms with Crippen molar-refractivity contribution < 1.29 is 0 Å².